The van der Waals surface area contributed by atoms with Gasteiger partial charge in [0.05, 0.1) is 19.3 Å². The highest BCUT2D eigenvalue weighted by Crippen LogP contribution is 2.33. The molecular weight excluding hydrogens is 336 g/mol. The standard InChI is InChI=1S/C15H23BrN2O3/c1-19-10-4-5-12(16)11(6-10)13(7-17)18-8-14(20-2)15(9-18)21-3/h4-6,13-15H,7-9,17H2,1-3H3. The Balaban J connectivity index is 2.24. The molecule has 3 unspecified atom stereocenters. The highest BCUT2D eigenvalue weighted by Gasteiger charge is 2.37. The zero-order chi connectivity index (χ0) is 15.4. The van der Waals surface area contributed by atoms with Gasteiger partial charge in [-0.2, -0.15) is 0 Å². The number of rotatable bonds is 6. The van der Waals surface area contributed by atoms with Gasteiger partial charge in [0, 0.05) is 44.4 Å². The van der Waals surface area contributed by atoms with Gasteiger partial charge >= 0.3 is 0 Å². The van der Waals surface area contributed by atoms with Crippen molar-refractivity contribution in [3.8, 4) is 5.75 Å². The summed E-state index contributed by atoms with van der Waals surface area (Å²) in [7, 11) is 5.11. The van der Waals surface area contributed by atoms with Gasteiger partial charge in [0.15, 0.2) is 0 Å². The molecule has 1 aliphatic rings. The van der Waals surface area contributed by atoms with E-state index in [0.717, 1.165) is 28.9 Å². The number of nitrogens with zero attached hydrogens (tertiary/aromatic N) is 1. The third-order valence-electron chi connectivity index (χ3n) is 4.08. The van der Waals surface area contributed by atoms with E-state index in [1.54, 1.807) is 21.3 Å². The number of nitrogens with two attached hydrogens (primary N) is 1. The molecule has 0 aromatic heterocycles. The predicted molar refractivity (Wildman–Crippen MR) is 85.7 cm³/mol. The van der Waals surface area contributed by atoms with Crippen LogP contribution in [0.1, 0.15) is 11.6 Å². The minimum Gasteiger partial charge on any atom is -0.497 e. The van der Waals surface area contributed by atoms with Crippen LogP contribution in [0.5, 0.6) is 5.75 Å². The smallest absolute Gasteiger partial charge is 0.119 e. The summed E-state index contributed by atoms with van der Waals surface area (Å²) < 4.78 is 17.4. The first-order valence-electron chi connectivity index (χ1n) is 6.97. The van der Waals surface area contributed by atoms with Gasteiger partial charge < -0.3 is 19.9 Å². The largest absolute Gasteiger partial charge is 0.497 e. The Morgan fingerprint density at radius 2 is 1.86 bits per heavy atom. The number of hydrogen-bond acceptors (Lipinski definition) is 5. The normalized spacial score (nSPS) is 24.2. The van der Waals surface area contributed by atoms with E-state index in [1.807, 2.05) is 18.2 Å². The van der Waals surface area contributed by atoms with Gasteiger partial charge in [-0.3, -0.25) is 4.90 Å². The van der Waals surface area contributed by atoms with Gasteiger partial charge in [-0.1, -0.05) is 15.9 Å². The summed E-state index contributed by atoms with van der Waals surface area (Å²) in [5.41, 5.74) is 7.16. The molecule has 1 aromatic carbocycles. The topological polar surface area (TPSA) is 57.0 Å². The lowest BCUT2D eigenvalue weighted by atomic mass is 10.1. The van der Waals surface area contributed by atoms with Crippen LogP contribution in [0.25, 0.3) is 0 Å². The molecule has 0 spiro atoms. The SMILES string of the molecule is COc1ccc(Br)c(C(CN)N2CC(OC)C(OC)C2)c1. The van der Waals surface area contributed by atoms with Crippen LogP contribution >= 0.6 is 15.9 Å². The third-order valence-corrected chi connectivity index (χ3v) is 4.80. The number of likely N-dealkylation sites (tertiary alicyclic amines) is 1. The number of ether oxygens (including phenoxy) is 3. The lowest BCUT2D eigenvalue weighted by Gasteiger charge is -2.28. The molecule has 2 N–H and O–H groups in total. The average molecular weight is 359 g/mol. The Morgan fingerprint density at radius 1 is 1.24 bits per heavy atom. The molecule has 21 heavy (non-hydrogen) atoms. The van der Waals surface area contributed by atoms with Gasteiger partial charge in [-0.25, -0.2) is 0 Å². The molecule has 0 saturated carbocycles. The molecule has 0 aliphatic carbocycles. The second-order valence-corrected chi connectivity index (χ2v) is 6.00. The van der Waals surface area contributed by atoms with Gasteiger partial charge in [0.2, 0.25) is 0 Å². The van der Waals surface area contributed by atoms with E-state index in [0.29, 0.717) is 6.54 Å². The minimum absolute atomic E-state index is 0.0773. The summed E-state index contributed by atoms with van der Waals surface area (Å²) >= 11 is 3.61. The number of methoxy groups -OCH3 is 3. The number of hydrogen-bond donors (Lipinski definition) is 1. The highest BCUT2D eigenvalue weighted by atomic mass is 79.9. The van der Waals surface area contributed by atoms with Gasteiger partial charge in [0.25, 0.3) is 0 Å². The van der Waals surface area contributed by atoms with E-state index < -0.39 is 0 Å². The molecule has 1 saturated heterocycles. The molecule has 6 heteroatoms. The summed E-state index contributed by atoms with van der Waals surface area (Å²) in [6.07, 6.45) is 0.155. The van der Waals surface area contributed by atoms with E-state index in [-0.39, 0.29) is 18.2 Å². The molecule has 5 nitrogen and oxygen atoms in total. The van der Waals surface area contributed by atoms with Crippen LogP contribution < -0.4 is 10.5 Å². The van der Waals surface area contributed by atoms with Gasteiger partial charge in [-0.05, 0) is 23.8 Å². The van der Waals surface area contributed by atoms with Crippen molar-refractivity contribution in [3.63, 3.8) is 0 Å². The quantitative estimate of drug-likeness (QED) is 0.840. The highest BCUT2D eigenvalue weighted by molar-refractivity contribution is 9.10. The Hall–Kier alpha value is -0.660. The van der Waals surface area contributed by atoms with E-state index in [1.165, 1.54) is 0 Å². The maximum absolute atomic E-state index is 6.03. The van der Waals surface area contributed by atoms with Crippen molar-refractivity contribution in [2.24, 2.45) is 5.73 Å². The zero-order valence-electron chi connectivity index (χ0n) is 12.7. The predicted octanol–water partition coefficient (Wildman–Crippen LogP) is 1.80. The van der Waals surface area contributed by atoms with Crippen molar-refractivity contribution in [2.45, 2.75) is 18.2 Å². The molecule has 2 rings (SSSR count). The molecular formula is C15H23BrN2O3. The van der Waals surface area contributed by atoms with Crippen molar-refractivity contribution in [3.05, 3.63) is 28.2 Å². The van der Waals surface area contributed by atoms with E-state index >= 15 is 0 Å². The van der Waals surface area contributed by atoms with E-state index in [9.17, 15) is 0 Å². The molecule has 1 aliphatic heterocycles. The van der Waals surface area contributed by atoms with E-state index in [4.69, 9.17) is 19.9 Å². The molecule has 1 fully saturated rings. The zero-order valence-corrected chi connectivity index (χ0v) is 14.3. The monoisotopic (exact) mass is 358 g/mol. The first-order valence-corrected chi connectivity index (χ1v) is 7.77. The summed E-state index contributed by atoms with van der Waals surface area (Å²) in [6, 6.07) is 6.06. The Kier molecular flexibility index (Phi) is 6.01. The van der Waals surface area contributed by atoms with Crippen LogP contribution in [0.3, 0.4) is 0 Å². The molecule has 0 bridgehead atoms. The van der Waals surface area contributed by atoms with Crippen molar-refractivity contribution in [1.82, 2.24) is 4.90 Å². The maximum atomic E-state index is 6.03. The van der Waals surface area contributed by atoms with Crippen LogP contribution in [0.15, 0.2) is 22.7 Å². The van der Waals surface area contributed by atoms with Crippen LogP contribution in [0.2, 0.25) is 0 Å². The summed E-state index contributed by atoms with van der Waals surface area (Å²) in [5, 5.41) is 0. The fourth-order valence-electron chi connectivity index (χ4n) is 2.86. The minimum atomic E-state index is 0.0773. The Labute approximate surface area is 134 Å². The second-order valence-electron chi connectivity index (χ2n) is 5.14. The van der Waals surface area contributed by atoms with Gasteiger partial charge in [-0.15, -0.1) is 0 Å². The lowest BCUT2D eigenvalue weighted by molar-refractivity contribution is -0.00461. The second kappa shape index (κ2) is 7.56. The summed E-state index contributed by atoms with van der Waals surface area (Å²) in [6.45, 7) is 2.14. The van der Waals surface area contributed by atoms with Crippen molar-refractivity contribution in [1.29, 1.82) is 0 Å². The van der Waals surface area contributed by atoms with Gasteiger partial charge in [0.1, 0.15) is 5.75 Å². The molecule has 0 radical (unpaired) electrons. The molecule has 3 atom stereocenters. The number of benzene rings is 1. The van der Waals surface area contributed by atoms with Crippen molar-refractivity contribution < 1.29 is 14.2 Å². The van der Waals surface area contributed by atoms with E-state index in [2.05, 4.69) is 20.8 Å². The maximum Gasteiger partial charge on any atom is 0.119 e. The Morgan fingerprint density at radius 3 is 2.33 bits per heavy atom. The average Bonchev–Trinajstić information content (AvgIpc) is 2.93. The first-order chi connectivity index (χ1) is 10.1. The molecule has 118 valence electrons. The molecule has 1 aromatic rings. The summed E-state index contributed by atoms with van der Waals surface area (Å²) in [4.78, 5) is 2.31. The van der Waals surface area contributed by atoms with Crippen molar-refractivity contribution >= 4 is 15.9 Å². The third kappa shape index (κ3) is 3.57. The van der Waals surface area contributed by atoms with Crippen LogP contribution in [-0.2, 0) is 9.47 Å². The fourth-order valence-corrected chi connectivity index (χ4v) is 3.37. The summed E-state index contributed by atoms with van der Waals surface area (Å²) in [5.74, 6) is 0.831. The van der Waals surface area contributed by atoms with Crippen LogP contribution in [0.4, 0.5) is 0 Å². The first kappa shape index (κ1) is 16.7. The molecule has 1 heterocycles. The fraction of sp³-hybridized carbons (Fsp3) is 0.600. The van der Waals surface area contributed by atoms with Crippen molar-refractivity contribution in [2.75, 3.05) is 41.0 Å². The van der Waals surface area contributed by atoms with Crippen LogP contribution in [-0.4, -0.2) is 58.1 Å². The molecule has 0 amide bonds. The Bertz CT molecular complexity index is 460. The number of halogens is 1. The van der Waals surface area contributed by atoms with Crippen LogP contribution in [0, 0.1) is 0 Å². The lowest BCUT2D eigenvalue weighted by Crippen LogP contribution is -2.33.